The van der Waals surface area contributed by atoms with Gasteiger partial charge in [-0.2, -0.15) is 10.4 Å². The highest BCUT2D eigenvalue weighted by molar-refractivity contribution is 5.95. The number of carbonyl (C=O) groups excluding carboxylic acids is 1. The predicted molar refractivity (Wildman–Crippen MR) is 88.2 cm³/mol. The maximum atomic E-state index is 12.7. The molecule has 0 bridgehead atoms. The molecule has 1 aliphatic rings. The quantitative estimate of drug-likeness (QED) is 0.727. The Bertz CT molecular complexity index is 955. The fourth-order valence-electron chi connectivity index (χ4n) is 3.08. The topological polar surface area (TPSA) is 74.8 Å². The molecule has 1 amide bonds. The molecule has 1 fully saturated rings. The lowest BCUT2D eigenvalue weighted by Crippen LogP contribution is -2.29. The van der Waals surface area contributed by atoms with E-state index in [9.17, 15) is 4.79 Å². The van der Waals surface area contributed by atoms with Crippen molar-refractivity contribution in [3.05, 3.63) is 60.0 Å². The Morgan fingerprint density at radius 2 is 2.12 bits per heavy atom. The van der Waals surface area contributed by atoms with Crippen molar-refractivity contribution in [1.29, 1.82) is 5.26 Å². The van der Waals surface area contributed by atoms with Gasteiger partial charge in [0.1, 0.15) is 11.8 Å². The first-order chi connectivity index (χ1) is 11.7. The number of nitriles is 1. The van der Waals surface area contributed by atoms with Crippen LogP contribution >= 0.6 is 0 Å². The van der Waals surface area contributed by atoms with E-state index in [2.05, 4.69) is 16.2 Å². The molecule has 0 N–H and O–H groups in total. The Hall–Kier alpha value is -3.20. The van der Waals surface area contributed by atoms with Crippen molar-refractivity contribution in [3.8, 4) is 6.07 Å². The van der Waals surface area contributed by atoms with Gasteiger partial charge in [0.15, 0.2) is 0 Å². The average Bonchev–Trinajstić information content (AvgIpc) is 3.29. The zero-order valence-corrected chi connectivity index (χ0v) is 13.0. The number of para-hydroxylation sites is 1. The van der Waals surface area contributed by atoms with Crippen molar-refractivity contribution in [3.63, 3.8) is 0 Å². The molecule has 3 aromatic rings. The molecule has 1 aliphatic heterocycles. The maximum absolute atomic E-state index is 12.7. The Balaban J connectivity index is 1.53. The molecule has 0 spiro atoms. The summed E-state index contributed by atoms with van der Waals surface area (Å²) in [5, 5.41) is 14.1. The number of hydrogen-bond donors (Lipinski definition) is 0. The molecule has 0 saturated carbocycles. The molecule has 24 heavy (non-hydrogen) atoms. The largest absolute Gasteiger partial charge is 0.335 e. The molecular formula is C18H15N5O. The minimum atomic E-state index is -0.0593. The second-order valence-corrected chi connectivity index (χ2v) is 5.90. The van der Waals surface area contributed by atoms with E-state index in [0.29, 0.717) is 24.3 Å². The molecule has 6 nitrogen and oxygen atoms in total. The first-order valence-electron chi connectivity index (χ1n) is 7.84. The number of nitrogens with zero attached hydrogens (tertiary/aromatic N) is 5. The number of fused-ring (bicyclic) bond motifs is 1. The Morgan fingerprint density at radius 3 is 2.96 bits per heavy atom. The first-order valence-corrected chi connectivity index (χ1v) is 7.84. The lowest BCUT2D eigenvalue weighted by Gasteiger charge is -2.16. The third-order valence-electron chi connectivity index (χ3n) is 4.37. The van der Waals surface area contributed by atoms with Crippen molar-refractivity contribution >= 4 is 16.8 Å². The van der Waals surface area contributed by atoms with Crippen molar-refractivity contribution in [2.75, 3.05) is 13.1 Å². The SMILES string of the molecule is N#Cc1cnn(C2CCN(C(=O)c3ccc4ccccc4n3)C2)c1. The zero-order chi connectivity index (χ0) is 16.5. The van der Waals surface area contributed by atoms with Gasteiger partial charge in [0.05, 0.1) is 23.3 Å². The van der Waals surface area contributed by atoms with Gasteiger partial charge in [-0.25, -0.2) is 4.98 Å². The summed E-state index contributed by atoms with van der Waals surface area (Å²) < 4.78 is 1.78. The van der Waals surface area contributed by atoms with Crippen LogP contribution < -0.4 is 0 Å². The summed E-state index contributed by atoms with van der Waals surface area (Å²) in [6.45, 7) is 1.25. The van der Waals surface area contributed by atoms with Gasteiger partial charge in [0, 0.05) is 24.7 Å². The van der Waals surface area contributed by atoms with Gasteiger partial charge in [0.25, 0.3) is 5.91 Å². The minimum absolute atomic E-state index is 0.0593. The highest BCUT2D eigenvalue weighted by Crippen LogP contribution is 2.23. The molecule has 118 valence electrons. The maximum Gasteiger partial charge on any atom is 0.272 e. The molecule has 1 saturated heterocycles. The number of rotatable bonds is 2. The Labute approximate surface area is 138 Å². The summed E-state index contributed by atoms with van der Waals surface area (Å²) in [7, 11) is 0. The minimum Gasteiger partial charge on any atom is -0.335 e. The van der Waals surface area contributed by atoms with Crippen LogP contribution in [0.3, 0.4) is 0 Å². The van der Waals surface area contributed by atoms with Crippen LogP contribution in [-0.2, 0) is 0 Å². The molecule has 0 aliphatic carbocycles. The molecule has 4 rings (SSSR count). The highest BCUT2D eigenvalue weighted by Gasteiger charge is 2.29. The molecular weight excluding hydrogens is 302 g/mol. The summed E-state index contributed by atoms with van der Waals surface area (Å²) in [5.41, 5.74) is 1.83. The second-order valence-electron chi connectivity index (χ2n) is 5.90. The predicted octanol–water partition coefficient (Wildman–Crippen LogP) is 2.39. The average molecular weight is 317 g/mol. The van der Waals surface area contributed by atoms with Gasteiger partial charge in [-0.1, -0.05) is 24.3 Å². The number of carbonyl (C=O) groups is 1. The summed E-state index contributed by atoms with van der Waals surface area (Å²) in [6.07, 6.45) is 4.11. The van der Waals surface area contributed by atoms with E-state index < -0.39 is 0 Å². The van der Waals surface area contributed by atoms with E-state index in [0.717, 1.165) is 17.3 Å². The van der Waals surface area contributed by atoms with Gasteiger partial charge in [-0.05, 0) is 18.6 Å². The summed E-state index contributed by atoms with van der Waals surface area (Å²) in [6, 6.07) is 13.6. The van der Waals surface area contributed by atoms with Crippen LogP contribution in [-0.4, -0.2) is 38.7 Å². The smallest absolute Gasteiger partial charge is 0.272 e. The number of hydrogen-bond acceptors (Lipinski definition) is 4. The van der Waals surface area contributed by atoms with Crippen LogP contribution in [0, 0.1) is 11.3 Å². The fourth-order valence-corrected chi connectivity index (χ4v) is 3.08. The summed E-state index contributed by atoms with van der Waals surface area (Å²) in [5.74, 6) is -0.0593. The van der Waals surface area contributed by atoms with Crippen molar-refractivity contribution in [1.82, 2.24) is 19.7 Å². The second kappa shape index (κ2) is 5.78. The van der Waals surface area contributed by atoms with Crippen LogP contribution in [0.25, 0.3) is 10.9 Å². The molecule has 1 unspecified atom stereocenters. The van der Waals surface area contributed by atoms with E-state index in [1.807, 2.05) is 30.3 Å². The number of benzene rings is 1. The van der Waals surface area contributed by atoms with E-state index >= 15 is 0 Å². The number of amides is 1. The standard InChI is InChI=1S/C18H15N5O/c19-9-13-10-20-23(11-13)15-7-8-22(12-15)18(24)17-6-5-14-3-1-2-4-16(14)21-17/h1-6,10-11,15H,7-8,12H2. The van der Waals surface area contributed by atoms with Crippen LogP contribution in [0.5, 0.6) is 0 Å². The van der Waals surface area contributed by atoms with Crippen LogP contribution in [0.4, 0.5) is 0 Å². The molecule has 0 radical (unpaired) electrons. The molecule has 6 heteroatoms. The number of aromatic nitrogens is 3. The summed E-state index contributed by atoms with van der Waals surface area (Å²) in [4.78, 5) is 19.0. The lowest BCUT2D eigenvalue weighted by molar-refractivity contribution is 0.0781. The number of likely N-dealkylation sites (tertiary alicyclic amines) is 1. The Kier molecular flexibility index (Phi) is 3.47. The molecule has 1 aromatic carbocycles. The van der Waals surface area contributed by atoms with Crippen molar-refractivity contribution in [2.45, 2.75) is 12.5 Å². The third kappa shape index (κ3) is 2.50. The van der Waals surface area contributed by atoms with E-state index in [1.165, 1.54) is 0 Å². The summed E-state index contributed by atoms with van der Waals surface area (Å²) >= 11 is 0. The number of pyridine rings is 1. The van der Waals surface area contributed by atoms with Crippen LogP contribution in [0.1, 0.15) is 28.5 Å². The van der Waals surface area contributed by atoms with E-state index in [4.69, 9.17) is 5.26 Å². The fraction of sp³-hybridized carbons (Fsp3) is 0.222. The van der Waals surface area contributed by atoms with Crippen LogP contribution in [0.2, 0.25) is 0 Å². The first kappa shape index (κ1) is 14.4. The monoisotopic (exact) mass is 317 g/mol. The van der Waals surface area contributed by atoms with Gasteiger partial charge >= 0.3 is 0 Å². The lowest BCUT2D eigenvalue weighted by atomic mass is 10.2. The van der Waals surface area contributed by atoms with Gasteiger partial charge in [-0.3, -0.25) is 9.48 Å². The van der Waals surface area contributed by atoms with Crippen LogP contribution in [0.15, 0.2) is 48.8 Å². The van der Waals surface area contributed by atoms with Gasteiger partial charge in [-0.15, -0.1) is 0 Å². The molecule has 1 atom stereocenters. The third-order valence-corrected chi connectivity index (χ3v) is 4.37. The van der Waals surface area contributed by atoms with Crippen molar-refractivity contribution in [2.24, 2.45) is 0 Å². The van der Waals surface area contributed by atoms with E-state index in [1.54, 1.807) is 28.0 Å². The Morgan fingerprint density at radius 1 is 1.25 bits per heavy atom. The van der Waals surface area contributed by atoms with Crippen molar-refractivity contribution < 1.29 is 4.79 Å². The van der Waals surface area contributed by atoms with Gasteiger partial charge < -0.3 is 4.90 Å². The van der Waals surface area contributed by atoms with E-state index in [-0.39, 0.29) is 11.9 Å². The normalized spacial score (nSPS) is 17.1. The zero-order valence-electron chi connectivity index (χ0n) is 13.0. The molecule has 2 aromatic heterocycles. The highest BCUT2D eigenvalue weighted by atomic mass is 16.2. The molecule has 3 heterocycles. The van der Waals surface area contributed by atoms with Gasteiger partial charge in [0.2, 0.25) is 0 Å².